The van der Waals surface area contributed by atoms with Gasteiger partial charge in [-0.2, -0.15) is 14.6 Å². The van der Waals surface area contributed by atoms with Gasteiger partial charge in [-0.1, -0.05) is 47.2 Å². The van der Waals surface area contributed by atoms with E-state index in [9.17, 15) is 4.79 Å². The van der Waals surface area contributed by atoms with Crippen molar-refractivity contribution in [2.24, 2.45) is 0 Å². The number of thiophene rings is 1. The fraction of sp³-hybridized carbons (Fsp3) is 0.0714. The molecule has 0 atom stereocenters. The highest BCUT2D eigenvalue weighted by molar-refractivity contribution is 7.15. The molecule has 6 rings (SSSR count). The summed E-state index contributed by atoms with van der Waals surface area (Å²) in [5.74, 6) is 1.11. The molecule has 0 bridgehead atoms. The van der Waals surface area contributed by atoms with E-state index in [1.165, 1.54) is 15.9 Å². The van der Waals surface area contributed by atoms with Gasteiger partial charge in [-0.3, -0.25) is 4.79 Å². The first-order chi connectivity index (χ1) is 18.6. The Balaban J connectivity index is 1.43. The van der Waals surface area contributed by atoms with Crippen molar-refractivity contribution in [3.63, 3.8) is 0 Å². The van der Waals surface area contributed by atoms with Crippen molar-refractivity contribution in [1.82, 2.24) is 24.4 Å². The number of thiazole rings is 1. The van der Waals surface area contributed by atoms with Gasteiger partial charge >= 0.3 is 0 Å². The molecule has 0 amide bonds. The zero-order valence-corrected chi connectivity index (χ0v) is 22.5. The Morgan fingerprint density at radius 1 is 1.05 bits per heavy atom. The van der Waals surface area contributed by atoms with Crippen LogP contribution in [0.4, 0.5) is 0 Å². The molecule has 0 spiro atoms. The molecule has 6 aromatic rings. The van der Waals surface area contributed by atoms with Crippen molar-refractivity contribution in [2.45, 2.75) is 6.92 Å². The molecule has 0 unspecified atom stereocenters. The summed E-state index contributed by atoms with van der Waals surface area (Å²) in [6.45, 7) is 2.43. The van der Waals surface area contributed by atoms with Crippen LogP contribution in [0.3, 0.4) is 0 Å². The normalized spacial score (nSPS) is 12.2. The molecule has 0 saturated carbocycles. The summed E-state index contributed by atoms with van der Waals surface area (Å²) >= 11 is 9.41. The number of para-hydroxylation sites is 1. The van der Waals surface area contributed by atoms with Crippen LogP contribution in [0.1, 0.15) is 23.2 Å². The van der Waals surface area contributed by atoms with Crippen LogP contribution >= 0.6 is 34.3 Å². The van der Waals surface area contributed by atoms with E-state index < -0.39 is 0 Å². The first-order valence-corrected chi connectivity index (χ1v) is 13.9. The van der Waals surface area contributed by atoms with Gasteiger partial charge in [0.25, 0.3) is 5.56 Å². The lowest BCUT2D eigenvalue weighted by Crippen LogP contribution is -2.23. The molecule has 0 aliphatic heterocycles. The average Bonchev–Trinajstić information content (AvgIpc) is 3.72. The Hall–Kier alpha value is -4.05. The van der Waals surface area contributed by atoms with Crippen molar-refractivity contribution in [3.8, 4) is 22.7 Å². The van der Waals surface area contributed by atoms with Crippen LogP contribution in [0.2, 0.25) is 5.02 Å². The van der Waals surface area contributed by atoms with Gasteiger partial charge < -0.3 is 4.74 Å². The Morgan fingerprint density at radius 2 is 1.92 bits per heavy atom. The molecule has 0 radical (unpaired) electrons. The molecular weight excluding hydrogens is 538 g/mol. The predicted molar refractivity (Wildman–Crippen MR) is 154 cm³/mol. The average molecular weight is 558 g/mol. The molecule has 4 heterocycles. The summed E-state index contributed by atoms with van der Waals surface area (Å²) in [6.07, 6.45) is 7.48. The number of rotatable bonds is 7. The lowest BCUT2D eigenvalue weighted by Gasteiger charge is -2.07. The smallest absolute Gasteiger partial charge is 0.291 e. The van der Waals surface area contributed by atoms with Gasteiger partial charge in [0, 0.05) is 22.2 Å². The lowest BCUT2D eigenvalue weighted by atomic mass is 10.1. The number of hydrogen-bond acceptors (Lipinski definition) is 7. The highest BCUT2D eigenvalue weighted by atomic mass is 35.5. The minimum Gasteiger partial charge on any atom is -0.492 e. The Kier molecular flexibility index (Phi) is 6.63. The molecule has 0 aliphatic rings. The molecule has 0 saturated heterocycles. The van der Waals surface area contributed by atoms with Gasteiger partial charge in [-0.25, -0.2) is 4.68 Å². The van der Waals surface area contributed by atoms with Crippen LogP contribution in [0.15, 0.2) is 77.0 Å². The summed E-state index contributed by atoms with van der Waals surface area (Å²) in [7, 11) is 0. The third-order valence-electron chi connectivity index (χ3n) is 5.69. The third-order valence-corrected chi connectivity index (χ3v) is 7.79. The zero-order valence-electron chi connectivity index (χ0n) is 20.1. The first kappa shape index (κ1) is 24.3. The minimum atomic E-state index is -0.226. The van der Waals surface area contributed by atoms with Crippen LogP contribution in [0.25, 0.3) is 40.1 Å². The summed E-state index contributed by atoms with van der Waals surface area (Å²) in [5.41, 5.74) is 2.95. The van der Waals surface area contributed by atoms with Crippen LogP contribution in [0, 0.1) is 0 Å². The maximum atomic E-state index is 13.2. The van der Waals surface area contributed by atoms with Crippen molar-refractivity contribution < 1.29 is 4.74 Å². The number of benzene rings is 2. The second-order valence-electron chi connectivity index (χ2n) is 8.22. The van der Waals surface area contributed by atoms with Gasteiger partial charge in [0.2, 0.25) is 4.96 Å². The van der Waals surface area contributed by atoms with Crippen LogP contribution in [-0.2, 0) is 0 Å². The fourth-order valence-corrected chi connectivity index (χ4v) is 5.71. The maximum Gasteiger partial charge on any atom is 0.291 e. The number of hydrogen-bond donors (Lipinski definition) is 0. The number of aromatic nitrogens is 5. The Bertz CT molecular complexity index is 1870. The van der Waals surface area contributed by atoms with Crippen molar-refractivity contribution >= 4 is 57.5 Å². The van der Waals surface area contributed by atoms with E-state index >= 15 is 0 Å². The SMILES string of the molecule is CCOc1ccc(-c2nn(-c3ccccc3)cc2/C=c2\sc3nc(/C=C/c4cccs4)nn3c2=O)cc1Cl. The summed E-state index contributed by atoms with van der Waals surface area (Å²) in [5, 5.41) is 11.7. The van der Waals surface area contributed by atoms with Gasteiger partial charge in [0.15, 0.2) is 5.82 Å². The topological polar surface area (TPSA) is 74.3 Å². The molecule has 7 nitrogen and oxygen atoms in total. The standard InChI is InChI=1S/C28H20ClN5O2S2/c1-2-36-23-12-10-18(15-22(23)29)26-19(17-33(32-26)20-7-4-3-5-8-20)16-24-27(35)34-28(38-24)30-25(31-34)13-11-21-9-6-14-37-21/h3-17H,2H2,1H3/b13-11+,24-16-. The molecule has 188 valence electrons. The van der Waals surface area contributed by atoms with Crippen molar-refractivity contribution in [1.29, 1.82) is 0 Å². The number of nitrogens with zero attached hydrogens (tertiary/aromatic N) is 5. The van der Waals surface area contributed by atoms with Gasteiger partial charge in [0.05, 0.1) is 21.8 Å². The molecule has 0 aliphatic carbocycles. The van der Waals surface area contributed by atoms with E-state index in [4.69, 9.17) is 21.4 Å². The fourth-order valence-electron chi connectivity index (χ4n) is 3.95. The summed E-state index contributed by atoms with van der Waals surface area (Å²) in [6, 6.07) is 19.4. The molecular formula is C28H20ClN5O2S2. The highest BCUT2D eigenvalue weighted by Gasteiger charge is 2.15. The number of fused-ring (bicyclic) bond motifs is 1. The van der Waals surface area contributed by atoms with E-state index in [1.807, 2.05) is 97.4 Å². The molecule has 10 heteroatoms. The first-order valence-electron chi connectivity index (χ1n) is 11.8. The van der Waals surface area contributed by atoms with Crippen LogP contribution in [0.5, 0.6) is 5.75 Å². The Morgan fingerprint density at radius 3 is 2.66 bits per heavy atom. The summed E-state index contributed by atoms with van der Waals surface area (Å²) in [4.78, 5) is 19.4. The van der Waals surface area contributed by atoms with Crippen molar-refractivity contribution in [2.75, 3.05) is 6.61 Å². The second kappa shape index (κ2) is 10.4. The molecule has 4 aromatic heterocycles. The molecule has 2 aromatic carbocycles. The van der Waals surface area contributed by atoms with Crippen molar-refractivity contribution in [3.05, 3.63) is 108 Å². The number of halogens is 1. The van der Waals surface area contributed by atoms with E-state index in [1.54, 1.807) is 16.0 Å². The van der Waals surface area contributed by atoms with E-state index in [0.717, 1.165) is 21.7 Å². The highest BCUT2D eigenvalue weighted by Crippen LogP contribution is 2.32. The van der Waals surface area contributed by atoms with Gasteiger partial charge in [0.1, 0.15) is 11.4 Å². The molecule has 0 fully saturated rings. The van der Waals surface area contributed by atoms with Gasteiger partial charge in [-0.15, -0.1) is 16.4 Å². The number of ether oxygens (including phenoxy) is 1. The Labute approximate surface area is 230 Å². The molecule has 0 N–H and O–H groups in total. The maximum absolute atomic E-state index is 13.2. The van der Waals surface area contributed by atoms with Crippen LogP contribution in [-0.4, -0.2) is 31.0 Å². The predicted octanol–water partition coefficient (Wildman–Crippen LogP) is 5.84. The third kappa shape index (κ3) is 4.79. The lowest BCUT2D eigenvalue weighted by molar-refractivity contribution is 0.340. The molecule has 38 heavy (non-hydrogen) atoms. The van der Waals surface area contributed by atoms with Crippen LogP contribution < -0.4 is 14.8 Å². The summed E-state index contributed by atoms with van der Waals surface area (Å²) < 4.78 is 9.24. The van der Waals surface area contributed by atoms with Gasteiger partial charge in [-0.05, 0) is 66.9 Å². The quantitative estimate of drug-likeness (QED) is 0.247. The monoisotopic (exact) mass is 557 g/mol. The minimum absolute atomic E-state index is 0.226. The van der Waals surface area contributed by atoms with E-state index in [0.29, 0.717) is 38.4 Å². The zero-order chi connectivity index (χ0) is 26.1. The second-order valence-corrected chi connectivity index (χ2v) is 10.6. The van der Waals surface area contributed by atoms with E-state index in [2.05, 4.69) is 10.1 Å². The van der Waals surface area contributed by atoms with E-state index in [-0.39, 0.29) is 5.56 Å². The largest absolute Gasteiger partial charge is 0.492 e.